The summed E-state index contributed by atoms with van der Waals surface area (Å²) in [4.78, 5) is 22.2. The Bertz CT molecular complexity index is 418. The zero-order chi connectivity index (χ0) is 13.5. The number of carbonyl (C=O) groups excluding carboxylic acids is 1. The fourth-order valence-electron chi connectivity index (χ4n) is 1.28. The summed E-state index contributed by atoms with van der Waals surface area (Å²) in [5, 5.41) is 18.7. The van der Waals surface area contributed by atoms with Gasteiger partial charge in [0.1, 0.15) is 6.04 Å². The minimum Gasteiger partial charge on any atom is -0.481 e. The smallest absolute Gasteiger partial charge is 0.309 e. The molecule has 1 unspecified atom stereocenters. The molecule has 18 heavy (non-hydrogen) atoms. The summed E-state index contributed by atoms with van der Waals surface area (Å²) in [6, 6.07) is -0.545. The van der Waals surface area contributed by atoms with Crippen LogP contribution in [0.5, 0.6) is 0 Å². The maximum absolute atomic E-state index is 11.7. The Hall–Kier alpha value is -1.96. The summed E-state index contributed by atoms with van der Waals surface area (Å²) < 4.78 is 6.14. The van der Waals surface area contributed by atoms with Crippen molar-refractivity contribution in [2.45, 2.75) is 19.4 Å². The standard InChI is InChI=1S/C10H16N4O4/c1-7(10(17)11-3-4-18-2)14-6-8(12-13-14)5-9(15)16/h6-7H,3-5H2,1-2H3,(H,11,17)(H,15,16). The number of methoxy groups -OCH3 is 1. The number of hydrogen-bond acceptors (Lipinski definition) is 5. The number of rotatable bonds is 7. The van der Waals surface area contributed by atoms with Gasteiger partial charge in [0.25, 0.3) is 0 Å². The largest absolute Gasteiger partial charge is 0.481 e. The summed E-state index contributed by atoms with van der Waals surface area (Å²) in [6.07, 6.45) is 1.24. The van der Waals surface area contributed by atoms with Crippen molar-refractivity contribution in [3.05, 3.63) is 11.9 Å². The molecule has 1 heterocycles. The number of carboxylic acids is 1. The maximum Gasteiger partial charge on any atom is 0.309 e. The van der Waals surface area contributed by atoms with Crippen LogP contribution in [-0.4, -0.2) is 52.2 Å². The molecule has 1 aromatic heterocycles. The fourth-order valence-corrected chi connectivity index (χ4v) is 1.28. The van der Waals surface area contributed by atoms with Crippen molar-refractivity contribution in [2.75, 3.05) is 20.3 Å². The van der Waals surface area contributed by atoms with E-state index in [0.717, 1.165) is 0 Å². The number of nitrogens with zero attached hydrogens (tertiary/aromatic N) is 3. The molecule has 8 nitrogen and oxygen atoms in total. The Morgan fingerprint density at radius 2 is 2.33 bits per heavy atom. The molecule has 0 radical (unpaired) electrons. The highest BCUT2D eigenvalue weighted by Crippen LogP contribution is 2.05. The van der Waals surface area contributed by atoms with E-state index >= 15 is 0 Å². The minimum absolute atomic E-state index is 0.210. The minimum atomic E-state index is -0.987. The lowest BCUT2D eigenvalue weighted by Gasteiger charge is -2.11. The van der Waals surface area contributed by atoms with E-state index in [1.165, 1.54) is 10.9 Å². The molecule has 2 N–H and O–H groups in total. The Kier molecular flexibility index (Phi) is 5.25. The molecule has 0 aliphatic rings. The highest BCUT2D eigenvalue weighted by Gasteiger charge is 2.16. The van der Waals surface area contributed by atoms with Crippen molar-refractivity contribution in [3.63, 3.8) is 0 Å². The van der Waals surface area contributed by atoms with E-state index in [1.807, 2.05) is 0 Å². The SMILES string of the molecule is COCCNC(=O)C(C)n1cc(CC(=O)O)nn1. The predicted octanol–water partition coefficient (Wildman–Crippen LogP) is -0.771. The van der Waals surface area contributed by atoms with Gasteiger partial charge in [-0.2, -0.15) is 0 Å². The second kappa shape index (κ2) is 6.70. The zero-order valence-electron chi connectivity index (χ0n) is 10.3. The third-order valence-electron chi connectivity index (χ3n) is 2.27. The van der Waals surface area contributed by atoms with Crippen molar-refractivity contribution >= 4 is 11.9 Å². The first kappa shape index (κ1) is 14.1. The lowest BCUT2D eigenvalue weighted by atomic mass is 10.3. The molecule has 0 bridgehead atoms. The van der Waals surface area contributed by atoms with Crippen molar-refractivity contribution < 1.29 is 19.4 Å². The van der Waals surface area contributed by atoms with Gasteiger partial charge in [-0.25, -0.2) is 4.68 Å². The fraction of sp³-hybridized carbons (Fsp3) is 0.600. The quantitative estimate of drug-likeness (QED) is 0.620. The molecule has 0 saturated heterocycles. The molecule has 0 aliphatic heterocycles. The highest BCUT2D eigenvalue weighted by atomic mass is 16.5. The summed E-state index contributed by atoms with van der Waals surface area (Å²) >= 11 is 0. The van der Waals surface area contributed by atoms with Gasteiger partial charge in [0.2, 0.25) is 5.91 Å². The summed E-state index contributed by atoms with van der Waals surface area (Å²) in [7, 11) is 1.55. The predicted molar refractivity (Wildman–Crippen MR) is 61.0 cm³/mol. The average molecular weight is 256 g/mol. The number of amides is 1. The third kappa shape index (κ3) is 4.13. The zero-order valence-corrected chi connectivity index (χ0v) is 10.3. The molecular weight excluding hydrogens is 240 g/mol. The van der Waals surface area contributed by atoms with Crippen molar-refractivity contribution in [3.8, 4) is 0 Å². The number of aliphatic carboxylic acids is 1. The molecule has 1 amide bonds. The van der Waals surface area contributed by atoms with E-state index in [-0.39, 0.29) is 12.3 Å². The van der Waals surface area contributed by atoms with Gasteiger partial charge in [0.15, 0.2) is 0 Å². The Labute approximate surface area is 104 Å². The van der Waals surface area contributed by atoms with E-state index in [0.29, 0.717) is 18.8 Å². The summed E-state index contributed by atoms with van der Waals surface area (Å²) in [5.41, 5.74) is 0.319. The molecule has 0 spiro atoms. The molecule has 0 fully saturated rings. The molecule has 0 aliphatic carbocycles. The van der Waals surface area contributed by atoms with E-state index in [4.69, 9.17) is 9.84 Å². The molecule has 0 aromatic carbocycles. The van der Waals surface area contributed by atoms with Gasteiger partial charge in [-0.3, -0.25) is 9.59 Å². The number of ether oxygens (including phenoxy) is 1. The molecule has 1 rings (SSSR count). The average Bonchev–Trinajstić information content (AvgIpc) is 2.75. The van der Waals surface area contributed by atoms with Crippen molar-refractivity contribution in [2.24, 2.45) is 0 Å². The first-order chi connectivity index (χ1) is 8.54. The van der Waals surface area contributed by atoms with Gasteiger partial charge >= 0.3 is 5.97 Å². The normalized spacial score (nSPS) is 12.1. The van der Waals surface area contributed by atoms with Crippen LogP contribution in [0.25, 0.3) is 0 Å². The monoisotopic (exact) mass is 256 g/mol. The van der Waals surface area contributed by atoms with Gasteiger partial charge in [-0.1, -0.05) is 5.21 Å². The maximum atomic E-state index is 11.7. The number of carbonyl (C=O) groups is 2. The molecule has 1 atom stereocenters. The lowest BCUT2D eigenvalue weighted by Crippen LogP contribution is -2.33. The van der Waals surface area contributed by atoms with E-state index < -0.39 is 12.0 Å². The van der Waals surface area contributed by atoms with Crippen LogP contribution in [0.3, 0.4) is 0 Å². The van der Waals surface area contributed by atoms with Crippen LogP contribution in [0, 0.1) is 0 Å². The van der Waals surface area contributed by atoms with Crippen molar-refractivity contribution in [1.29, 1.82) is 0 Å². The lowest BCUT2D eigenvalue weighted by molar-refractivity contribution is -0.136. The van der Waals surface area contributed by atoms with Crippen LogP contribution in [0.15, 0.2) is 6.20 Å². The topological polar surface area (TPSA) is 106 Å². The second-order valence-electron chi connectivity index (χ2n) is 3.72. The second-order valence-corrected chi connectivity index (χ2v) is 3.72. The molecule has 1 aromatic rings. The first-order valence-corrected chi connectivity index (χ1v) is 5.43. The van der Waals surface area contributed by atoms with Gasteiger partial charge in [0, 0.05) is 19.9 Å². The van der Waals surface area contributed by atoms with Crippen LogP contribution in [0.1, 0.15) is 18.7 Å². The Morgan fingerprint density at radius 1 is 1.61 bits per heavy atom. The Balaban J connectivity index is 2.55. The van der Waals surface area contributed by atoms with E-state index in [9.17, 15) is 9.59 Å². The molecule has 100 valence electrons. The van der Waals surface area contributed by atoms with Gasteiger partial charge < -0.3 is 15.2 Å². The highest BCUT2D eigenvalue weighted by molar-refractivity contribution is 5.79. The number of hydrogen-bond donors (Lipinski definition) is 2. The van der Waals surface area contributed by atoms with Gasteiger partial charge in [-0.05, 0) is 6.92 Å². The van der Waals surface area contributed by atoms with Crippen LogP contribution in [-0.2, 0) is 20.7 Å². The summed E-state index contributed by atoms with van der Waals surface area (Å²) in [6.45, 7) is 2.50. The Morgan fingerprint density at radius 3 is 2.94 bits per heavy atom. The third-order valence-corrected chi connectivity index (χ3v) is 2.27. The number of nitrogens with one attached hydrogen (secondary N) is 1. The van der Waals surface area contributed by atoms with Gasteiger partial charge in [0.05, 0.1) is 18.7 Å². The molecule has 8 heteroatoms. The van der Waals surface area contributed by atoms with E-state index in [1.54, 1.807) is 14.0 Å². The summed E-state index contributed by atoms with van der Waals surface area (Å²) in [5.74, 6) is -1.21. The number of carboxylic acid groups (broad SMARTS) is 1. The first-order valence-electron chi connectivity index (χ1n) is 5.43. The van der Waals surface area contributed by atoms with E-state index in [2.05, 4.69) is 15.6 Å². The van der Waals surface area contributed by atoms with Gasteiger partial charge in [-0.15, -0.1) is 5.10 Å². The van der Waals surface area contributed by atoms with Crippen LogP contribution < -0.4 is 5.32 Å². The molecular formula is C10H16N4O4. The molecule has 0 saturated carbocycles. The van der Waals surface area contributed by atoms with Crippen LogP contribution in [0.2, 0.25) is 0 Å². The van der Waals surface area contributed by atoms with Crippen LogP contribution >= 0.6 is 0 Å². The van der Waals surface area contributed by atoms with Crippen LogP contribution in [0.4, 0.5) is 0 Å². The van der Waals surface area contributed by atoms with Crippen molar-refractivity contribution in [1.82, 2.24) is 20.3 Å². The number of aromatic nitrogens is 3.